The number of aliphatic hydroxyl groups is 3. The molecule has 0 radical (unpaired) electrons. The van der Waals surface area contributed by atoms with E-state index in [1.807, 2.05) is 6.07 Å². The summed E-state index contributed by atoms with van der Waals surface area (Å²) < 4.78 is 38.7. The first-order valence-corrected chi connectivity index (χ1v) is 24.1. The Kier molecular flexibility index (Phi) is 15.3. The molecule has 12 nitrogen and oxygen atoms in total. The number of methoxy groups -OCH3 is 4. The largest absolute Gasteiger partial charge is 0.455 e. The van der Waals surface area contributed by atoms with Gasteiger partial charge in [-0.15, -0.1) is 0 Å². The van der Waals surface area contributed by atoms with Crippen molar-refractivity contribution in [3.8, 4) is 0 Å². The summed E-state index contributed by atoms with van der Waals surface area (Å²) in [7, 11) is 6.41. The van der Waals surface area contributed by atoms with Crippen LogP contribution >= 0.6 is 0 Å². The van der Waals surface area contributed by atoms with Crippen LogP contribution in [0.1, 0.15) is 127 Å². The van der Waals surface area contributed by atoms with Gasteiger partial charge in [-0.2, -0.15) is 0 Å². The molecule has 0 amide bonds. The van der Waals surface area contributed by atoms with Crippen LogP contribution in [0.3, 0.4) is 0 Å². The third-order valence-electron chi connectivity index (χ3n) is 16.8. The molecule has 62 heavy (non-hydrogen) atoms. The van der Waals surface area contributed by atoms with Crippen LogP contribution < -0.4 is 0 Å². The summed E-state index contributed by atoms with van der Waals surface area (Å²) in [6, 6.07) is 8.31. The van der Waals surface area contributed by atoms with Gasteiger partial charge in [0.25, 0.3) is 0 Å². The Morgan fingerprint density at radius 3 is 2.10 bits per heavy atom. The Hall–Kier alpha value is -2.42. The number of hydrogen-bond acceptors (Lipinski definition) is 12. The van der Waals surface area contributed by atoms with Gasteiger partial charge in [-0.25, -0.2) is 4.79 Å². The van der Waals surface area contributed by atoms with E-state index >= 15 is 0 Å². The van der Waals surface area contributed by atoms with E-state index in [0.717, 1.165) is 38.5 Å². The summed E-state index contributed by atoms with van der Waals surface area (Å²) >= 11 is 0. The molecule has 3 N–H and O–H groups in total. The van der Waals surface area contributed by atoms with Gasteiger partial charge in [-0.3, -0.25) is 9.69 Å². The molecule has 1 aromatic carbocycles. The van der Waals surface area contributed by atoms with E-state index in [4.69, 9.17) is 28.4 Å². The minimum atomic E-state index is -1.85. The van der Waals surface area contributed by atoms with Crippen LogP contribution in [0.4, 0.5) is 0 Å². The Bertz CT molecular complexity index is 1680. The molecule has 1 aliphatic heterocycles. The van der Waals surface area contributed by atoms with Gasteiger partial charge in [0.15, 0.2) is 5.60 Å². The predicted molar refractivity (Wildman–Crippen MR) is 234 cm³/mol. The number of hydrogen-bond donors (Lipinski definition) is 3. The summed E-state index contributed by atoms with van der Waals surface area (Å²) in [6.07, 6.45) is 14.0. The van der Waals surface area contributed by atoms with Crippen LogP contribution in [0, 0.1) is 34.5 Å². The molecule has 5 aliphatic carbocycles. The minimum Gasteiger partial charge on any atom is -0.455 e. The van der Waals surface area contributed by atoms with E-state index in [-0.39, 0.29) is 31.4 Å². The molecule has 6 aliphatic rings. The maximum absolute atomic E-state index is 14.6. The van der Waals surface area contributed by atoms with Gasteiger partial charge in [0.2, 0.25) is 0 Å². The number of carbonyl (C=O) groups is 2. The number of ether oxygens (including phenoxy) is 6. The van der Waals surface area contributed by atoms with Gasteiger partial charge in [-0.05, 0) is 63.1 Å². The van der Waals surface area contributed by atoms with Gasteiger partial charge in [0.1, 0.15) is 23.9 Å². The van der Waals surface area contributed by atoms with Crippen LogP contribution in [-0.2, 0) is 33.2 Å². The van der Waals surface area contributed by atoms with E-state index in [2.05, 4.69) is 30.9 Å². The molecule has 348 valence electrons. The first kappa shape index (κ1) is 47.5. The summed E-state index contributed by atoms with van der Waals surface area (Å²) in [6.45, 7) is 5.67. The summed E-state index contributed by atoms with van der Waals surface area (Å²) in [5, 5.41) is 38.4. The average Bonchev–Trinajstić information content (AvgIpc) is 3.65. The van der Waals surface area contributed by atoms with Crippen LogP contribution in [-0.4, -0.2) is 134 Å². The average molecular weight is 868 g/mol. The second-order valence-corrected chi connectivity index (χ2v) is 19.6. The van der Waals surface area contributed by atoms with Gasteiger partial charge in [0, 0.05) is 82.5 Å². The molecule has 6 fully saturated rings. The maximum Gasteiger partial charge on any atom is 0.338 e. The number of likely N-dealkylation sites (tertiary alicyclic amines) is 1. The summed E-state index contributed by atoms with van der Waals surface area (Å²) in [5.41, 5.74) is -4.85. The number of fused-ring (bicyclic) bond motifs is 2. The maximum atomic E-state index is 14.6. The number of aliphatic hydroxyl groups excluding tert-OH is 2. The molecular formula is C50H77NO11. The van der Waals surface area contributed by atoms with E-state index in [1.54, 1.807) is 45.6 Å². The Balaban J connectivity index is 1.19. The zero-order valence-corrected chi connectivity index (χ0v) is 38.4. The standard InChI is InChI=1S/C50H77NO11/c1-7-9-10-11-12-13-14-15-16-17-18-19-20-21-25-28-37(53)62-50-38-34(30-48(56,45(60-6)43(50)54)44(38)61-46(55)33-26-23-22-24-27-33)49-36(58-4)29-35(52)47(32-57-3)31-51(8-2)42(49)39(50)40(59-5)41(47)49/h15-16,22-24,26-27,34-36,38-45,52,54,56H,7-14,17-21,25,28-32H2,1-6H3. The van der Waals surface area contributed by atoms with Crippen molar-refractivity contribution in [1.29, 1.82) is 0 Å². The number of esters is 2. The number of carbonyl (C=O) groups excluding carboxylic acids is 2. The number of allylic oxidation sites excluding steroid dienone is 2. The molecule has 15 atom stereocenters. The second-order valence-electron chi connectivity index (χ2n) is 19.6. The van der Waals surface area contributed by atoms with Gasteiger partial charge in [-0.1, -0.05) is 95.6 Å². The first-order valence-electron chi connectivity index (χ1n) is 24.1. The highest BCUT2D eigenvalue weighted by molar-refractivity contribution is 5.89. The molecule has 1 aromatic rings. The second kappa shape index (κ2) is 20.0. The van der Waals surface area contributed by atoms with Crippen molar-refractivity contribution < 1.29 is 53.3 Å². The fourth-order valence-electron chi connectivity index (χ4n) is 14.7. The third-order valence-corrected chi connectivity index (χ3v) is 16.8. The molecule has 5 saturated carbocycles. The van der Waals surface area contributed by atoms with Crippen molar-refractivity contribution in [2.24, 2.45) is 34.5 Å². The van der Waals surface area contributed by atoms with Crippen LogP contribution in [0.5, 0.6) is 0 Å². The molecule has 7 rings (SSSR count). The van der Waals surface area contributed by atoms with Crippen molar-refractivity contribution >= 4 is 11.9 Å². The third kappa shape index (κ3) is 7.62. The van der Waals surface area contributed by atoms with Crippen molar-refractivity contribution in [3.63, 3.8) is 0 Å². The first-order chi connectivity index (χ1) is 30.0. The topological polar surface area (TPSA) is 153 Å². The fraction of sp³-hybridized carbons (Fsp3) is 0.800. The van der Waals surface area contributed by atoms with Crippen molar-refractivity contribution in [2.45, 2.75) is 170 Å². The summed E-state index contributed by atoms with van der Waals surface area (Å²) in [5.74, 6) is -3.50. The molecule has 1 saturated heterocycles. The number of piperidine rings is 1. The van der Waals surface area contributed by atoms with Crippen molar-refractivity contribution in [3.05, 3.63) is 48.0 Å². The molecule has 7 bridgehead atoms. The molecule has 1 spiro atoms. The SMILES string of the molecule is CCCCCCCCC=CCCCCCCCC(=O)OC12C(O)C(OC)C3(O)CC(C1C3OC(=O)c1ccccc1)C13C(OC)CC(O)C4(COC)CN(CC)C1C2C(OC)C43. The van der Waals surface area contributed by atoms with E-state index in [0.29, 0.717) is 31.5 Å². The smallest absolute Gasteiger partial charge is 0.338 e. The Labute approximate surface area is 370 Å². The van der Waals surface area contributed by atoms with Crippen LogP contribution in [0.25, 0.3) is 0 Å². The van der Waals surface area contributed by atoms with E-state index < -0.39 is 88.3 Å². The van der Waals surface area contributed by atoms with Crippen molar-refractivity contribution in [1.82, 2.24) is 4.90 Å². The lowest BCUT2D eigenvalue weighted by Gasteiger charge is -2.70. The molecule has 15 unspecified atom stereocenters. The molecular weight excluding hydrogens is 791 g/mol. The van der Waals surface area contributed by atoms with Gasteiger partial charge >= 0.3 is 11.9 Å². The zero-order chi connectivity index (χ0) is 44.3. The zero-order valence-electron chi connectivity index (χ0n) is 38.4. The normalized spacial score (nSPS) is 40.2. The number of benzene rings is 1. The lowest BCUT2D eigenvalue weighted by atomic mass is 9.42. The quantitative estimate of drug-likeness (QED) is 0.0579. The van der Waals surface area contributed by atoms with Crippen molar-refractivity contribution in [2.75, 3.05) is 48.1 Å². The lowest BCUT2D eigenvalue weighted by molar-refractivity contribution is -0.323. The Morgan fingerprint density at radius 2 is 1.48 bits per heavy atom. The highest BCUT2D eigenvalue weighted by Gasteiger charge is 2.92. The molecule has 0 aromatic heterocycles. The Morgan fingerprint density at radius 1 is 0.823 bits per heavy atom. The van der Waals surface area contributed by atoms with E-state index in [9.17, 15) is 24.9 Å². The lowest BCUT2D eigenvalue weighted by Crippen LogP contribution is -2.81. The number of unbranched alkanes of at least 4 members (excludes halogenated alkanes) is 11. The van der Waals surface area contributed by atoms with Gasteiger partial charge < -0.3 is 43.7 Å². The highest BCUT2D eigenvalue weighted by Crippen LogP contribution is 2.80. The number of rotatable bonds is 24. The fourth-order valence-corrected chi connectivity index (χ4v) is 14.7. The minimum absolute atomic E-state index is 0.0836. The van der Waals surface area contributed by atoms with E-state index in [1.165, 1.54) is 45.6 Å². The van der Waals surface area contributed by atoms with Crippen LogP contribution in [0.15, 0.2) is 42.5 Å². The highest BCUT2D eigenvalue weighted by atomic mass is 16.6. The molecule has 12 heteroatoms. The van der Waals surface area contributed by atoms with Crippen LogP contribution in [0.2, 0.25) is 0 Å². The van der Waals surface area contributed by atoms with Gasteiger partial charge in [0.05, 0.1) is 30.5 Å². The monoisotopic (exact) mass is 868 g/mol. The predicted octanol–water partition coefficient (Wildman–Crippen LogP) is 6.67. The number of nitrogens with zero attached hydrogens (tertiary/aromatic N) is 1. The molecule has 1 heterocycles. The summed E-state index contributed by atoms with van der Waals surface area (Å²) in [4.78, 5) is 31.0.